The first-order valence-corrected chi connectivity index (χ1v) is 7.85. The molecule has 0 radical (unpaired) electrons. The Bertz CT molecular complexity index is 581. The third-order valence-electron chi connectivity index (χ3n) is 4.90. The van der Waals surface area contributed by atoms with Crippen LogP contribution in [0.4, 0.5) is 0 Å². The average molecular weight is 302 g/mol. The van der Waals surface area contributed by atoms with Crippen molar-refractivity contribution in [3.05, 3.63) is 29.8 Å². The standard InChI is InChI=1S/C17H22N2O3/c1-22-14-6-3-2-5-12(14)17(9-4-10-17)11-18-16(21)13-7-8-15(20)19-13/h2-3,5-6,13H,4,7-11H2,1H3,(H,18,21)(H,19,20). The van der Waals surface area contributed by atoms with Gasteiger partial charge in [0.15, 0.2) is 0 Å². The fraction of sp³-hybridized carbons (Fsp3) is 0.529. The molecule has 1 saturated heterocycles. The topological polar surface area (TPSA) is 67.4 Å². The fourth-order valence-corrected chi connectivity index (χ4v) is 3.42. The number of carbonyl (C=O) groups is 2. The van der Waals surface area contributed by atoms with Gasteiger partial charge in [-0.15, -0.1) is 0 Å². The summed E-state index contributed by atoms with van der Waals surface area (Å²) in [5.41, 5.74) is 1.13. The number of nitrogens with one attached hydrogen (secondary N) is 2. The maximum Gasteiger partial charge on any atom is 0.242 e. The van der Waals surface area contributed by atoms with Crippen molar-refractivity contribution >= 4 is 11.8 Å². The normalized spacial score (nSPS) is 22.6. The monoisotopic (exact) mass is 302 g/mol. The molecule has 1 heterocycles. The lowest BCUT2D eigenvalue weighted by atomic mass is 9.64. The largest absolute Gasteiger partial charge is 0.496 e. The number of amides is 2. The number of para-hydroxylation sites is 1. The molecule has 1 unspecified atom stereocenters. The number of hydrogen-bond acceptors (Lipinski definition) is 3. The summed E-state index contributed by atoms with van der Waals surface area (Å²) in [5, 5.41) is 5.74. The van der Waals surface area contributed by atoms with E-state index in [1.54, 1.807) is 7.11 Å². The molecular weight excluding hydrogens is 280 g/mol. The van der Waals surface area contributed by atoms with E-state index in [1.165, 1.54) is 5.56 Å². The van der Waals surface area contributed by atoms with E-state index in [4.69, 9.17) is 4.74 Å². The minimum Gasteiger partial charge on any atom is -0.496 e. The molecule has 0 aromatic heterocycles. The van der Waals surface area contributed by atoms with Crippen LogP contribution in [0.5, 0.6) is 5.75 Å². The van der Waals surface area contributed by atoms with E-state index in [-0.39, 0.29) is 23.3 Å². The second-order valence-electron chi connectivity index (χ2n) is 6.21. The first-order chi connectivity index (χ1) is 10.6. The van der Waals surface area contributed by atoms with E-state index in [0.29, 0.717) is 19.4 Å². The van der Waals surface area contributed by atoms with Crippen molar-refractivity contribution in [2.45, 2.75) is 43.6 Å². The maximum absolute atomic E-state index is 12.2. The van der Waals surface area contributed by atoms with Crippen LogP contribution < -0.4 is 15.4 Å². The van der Waals surface area contributed by atoms with Crippen LogP contribution in [0, 0.1) is 0 Å². The fourth-order valence-electron chi connectivity index (χ4n) is 3.42. The van der Waals surface area contributed by atoms with Crippen molar-refractivity contribution in [2.75, 3.05) is 13.7 Å². The Morgan fingerprint density at radius 2 is 2.18 bits per heavy atom. The molecule has 3 rings (SSSR count). The van der Waals surface area contributed by atoms with Crippen LogP contribution in [0.25, 0.3) is 0 Å². The van der Waals surface area contributed by atoms with Crippen molar-refractivity contribution in [3.63, 3.8) is 0 Å². The van der Waals surface area contributed by atoms with E-state index >= 15 is 0 Å². The molecule has 1 saturated carbocycles. The number of rotatable bonds is 5. The molecule has 1 aromatic carbocycles. The Labute approximate surface area is 130 Å². The molecule has 2 N–H and O–H groups in total. The summed E-state index contributed by atoms with van der Waals surface area (Å²) in [6.45, 7) is 0.596. The Hall–Kier alpha value is -2.04. The molecule has 0 spiro atoms. The summed E-state index contributed by atoms with van der Waals surface area (Å²) >= 11 is 0. The summed E-state index contributed by atoms with van der Waals surface area (Å²) in [4.78, 5) is 23.4. The SMILES string of the molecule is COc1ccccc1C1(CNC(=O)C2CCC(=O)N2)CCC1. The van der Waals surface area contributed by atoms with Crippen LogP contribution in [0.3, 0.4) is 0 Å². The lowest BCUT2D eigenvalue weighted by Crippen LogP contribution is -2.50. The van der Waals surface area contributed by atoms with Gasteiger partial charge in [0.1, 0.15) is 11.8 Å². The number of methoxy groups -OCH3 is 1. The smallest absolute Gasteiger partial charge is 0.242 e. The number of hydrogen-bond donors (Lipinski definition) is 2. The van der Waals surface area contributed by atoms with Crippen molar-refractivity contribution in [3.8, 4) is 5.75 Å². The van der Waals surface area contributed by atoms with E-state index < -0.39 is 0 Å². The molecular formula is C17H22N2O3. The third kappa shape index (κ3) is 2.67. The molecule has 1 atom stereocenters. The van der Waals surface area contributed by atoms with Gasteiger partial charge in [-0.25, -0.2) is 0 Å². The lowest BCUT2D eigenvalue weighted by molar-refractivity contribution is -0.126. The van der Waals surface area contributed by atoms with E-state index in [9.17, 15) is 9.59 Å². The minimum absolute atomic E-state index is 0.0368. The van der Waals surface area contributed by atoms with Gasteiger partial charge in [-0.2, -0.15) is 0 Å². The summed E-state index contributed by atoms with van der Waals surface area (Å²) in [6, 6.07) is 7.65. The average Bonchev–Trinajstić information content (AvgIpc) is 2.93. The van der Waals surface area contributed by atoms with Gasteiger partial charge in [0.2, 0.25) is 11.8 Å². The highest BCUT2D eigenvalue weighted by Gasteiger charge is 2.41. The summed E-state index contributed by atoms with van der Waals surface area (Å²) in [5.74, 6) is 0.765. The summed E-state index contributed by atoms with van der Waals surface area (Å²) in [6.07, 6.45) is 4.28. The highest BCUT2D eigenvalue weighted by molar-refractivity contribution is 5.90. The number of carbonyl (C=O) groups excluding carboxylic acids is 2. The molecule has 118 valence electrons. The van der Waals surface area contributed by atoms with E-state index in [1.807, 2.05) is 18.2 Å². The predicted octanol–water partition coefficient (Wildman–Crippen LogP) is 1.51. The van der Waals surface area contributed by atoms with Crippen LogP contribution in [0.15, 0.2) is 24.3 Å². The zero-order chi connectivity index (χ0) is 15.6. The van der Waals surface area contributed by atoms with Gasteiger partial charge in [0, 0.05) is 23.9 Å². The van der Waals surface area contributed by atoms with Crippen LogP contribution >= 0.6 is 0 Å². The van der Waals surface area contributed by atoms with Crippen molar-refractivity contribution < 1.29 is 14.3 Å². The Kier molecular flexibility index (Phi) is 4.05. The maximum atomic E-state index is 12.2. The molecule has 5 nitrogen and oxygen atoms in total. The molecule has 2 fully saturated rings. The second kappa shape index (κ2) is 5.99. The van der Waals surface area contributed by atoms with Crippen LogP contribution in [0.2, 0.25) is 0 Å². The zero-order valence-electron chi connectivity index (χ0n) is 12.9. The van der Waals surface area contributed by atoms with Crippen LogP contribution in [-0.2, 0) is 15.0 Å². The third-order valence-corrected chi connectivity index (χ3v) is 4.90. The molecule has 2 aliphatic rings. The van der Waals surface area contributed by atoms with Gasteiger partial charge in [-0.1, -0.05) is 24.6 Å². The molecule has 0 bridgehead atoms. The molecule has 2 amide bonds. The molecule has 5 heteroatoms. The van der Waals surface area contributed by atoms with E-state index in [2.05, 4.69) is 16.7 Å². The van der Waals surface area contributed by atoms with Gasteiger partial charge in [0.25, 0.3) is 0 Å². The number of benzene rings is 1. The quantitative estimate of drug-likeness (QED) is 0.866. The highest BCUT2D eigenvalue weighted by Crippen LogP contribution is 2.46. The van der Waals surface area contributed by atoms with E-state index in [0.717, 1.165) is 25.0 Å². The number of ether oxygens (including phenoxy) is 1. The molecule has 1 aliphatic heterocycles. The molecule has 22 heavy (non-hydrogen) atoms. The zero-order valence-corrected chi connectivity index (χ0v) is 12.9. The van der Waals surface area contributed by atoms with Gasteiger partial charge in [-0.05, 0) is 25.3 Å². The van der Waals surface area contributed by atoms with Crippen molar-refractivity contribution in [1.29, 1.82) is 0 Å². The lowest BCUT2D eigenvalue weighted by Gasteiger charge is -2.43. The Balaban J connectivity index is 1.69. The van der Waals surface area contributed by atoms with Crippen LogP contribution in [0.1, 0.15) is 37.7 Å². The van der Waals surface area contributed by atoms with Gasteiger partial charge in [0.05, 0.1) is 7.11 Å². The van der Waals surface area contributed by atoms with Gasteiger partial charge >= 0.3 is 0 Å². The van der Waals surface area contributed by atoms with Crippen LogP contribution in [-0.4, -0.2) is 31.5 Å². The molecule has 1 aliphatic carbocycles. The van der Waals surface area contributed by atoms with Crippen molar-refractivity contribution in [1.82, 2.24) is 10.6 Å². The molecule has 1 aromatic rings. The predicted molar refractivity (Wildman–Crippen MR) is 82.7 cm³/mol. The summed E-state index contributed by atoms with van der Waals surface area (Å²) in [7, 11) is 1.68. The highest BCUT2D eigenvalue weighted by atomic mass is 16.5. The van der Waals surface area contributed by atoms with Gasteiger partial charge < -0.3 is 15.4 Å². The summed E-state index contributed by atoms with van der Waals surface area (Å²) < 4.78 is 5.48. The van der Waals surface area contributed by atoms with Crippen molar-refractivity contribution in [2.24, 2.45) is 0 Å². The minimum atomic E-state index is -0.373. The Morgan fingerprint density at radius 3 is 2.77 bits per heavy atom. The Morgan fingerprint density at radius 1 is 1.41 bits per heavy atom. The second-order valence-corrected chi connectivity index (χ2v) is 6.21. The first kappa shape index (κ1) is 14.9. The van der Waals surface area contributed by atoms with Gasteiger partial charge in [-0.3, -0.25) is 9.59 Å². The first-order valence-electron chi connectivity index (χ1n) is 7.85.